The van der Waals surface area contributed by atoms with E-state index in [2.05, 4.69) is 16.8 Å². The van der Waals surface area contributed by atoms with Gasteiger partial charge in [0.25, 0.3) is 0 Å². The van der Waals surface area contributed by atoms with Crippen LogP contribution in [0.15, 0.2) is 42.5 Å². The van der Waals surface area contributed by atoms with Crippen LogP contribution in [0.25, 0.3) is 0 Å². The summed E-state index contributed by atoms with van der Waals surface area (Å²) in [6, 6.07) is 13.7. The summed E-state index contributed by atoms with van der Waals surface area (Å²) in [5.41, 5.74) is 2.86. The van der Waals surface area contributed by atoms with E-state index in [1.54, 1.807) is 0 Å². The summed E-state index contributed by atoms with van der Waals surface area (Å²) < 4.78 is 0. The smallest absolute Gasteiger partial charge is 0.241 e. The van der Waals surface area contributed by atoms with Crippen molar-refractivity contribution in [3.05, 3.63) is 58.9 Å². The third kappa shape index (κ3) is 3.71. The minimum Gasteiger partial charge on any atom is -0.310 e. The molecule has 0 spiro atoms. The molecule has 1 aromatic carbocycles. The number of aryl methyl sites for hydroxylation is 1. The van der Waals surface area contributed by atoms with E-state index in [-0.39, 0.29) is 11.9 Å². The number of pyridine rings is 1. The highest BCUT2D eigenvalue weighted by molar-refractivity contribution is 6.30. The van der Waals surface area contributed by atoms with Crippen molar-refractivity contribution in [1.82, 2.24) is 9.88 Å². The Morgan fingerprint density at radius 3 is 2.78 bits per heavy atom. The number of carbonyl (C=O) groups is 1. The topological polar surface area (TPSA) is 36.4 Å². The highest BCUT2D eigenvalue weighted by Gasteiger charge is 2.30. The highest BCUT2D eigenvalue weighted by atomic mass is 35.5. The summed E-state index contributed by atoms with van der Waals surface area (Å²) in [6.07, 6.45) is 0. The summed E-state index contributed by atoms with van der Waals surface area (Å²) >= 11 is 6.04. The Morgan fingerprint density at radius 1 is 1.26 bits per heavy atom. The van der Waals surface area contributed by atoms with Gasteiger partial charge in [0.1, 0.15) is 0 Å². The molecule has 1 aliphatic rings. The Labute approximate surface area is 141 Å². The predicted octanol–water partition coefficient (Wildman–Crippen LogP) is 3.28. The van der Waals surface area contributed by atoms with Gasteiger partial charge in [-0.15, -0.1) is 0 Å². The fourth-order valence-electron chi connectivity index (χ4n) is 2.90. The normalized spacial score (nSPS) is 19.2. The zero-order valence-corrected chi connectivity index (χ0v) is 14.1. The second-order valence-electron chi connectivity index (χ2n) is 6.01. The number of nitrogens with zero attached hydrogens (tertiary/aromatic N) is 3. The molecule has 0 aliphatic carbocycles. The number of aromatic nitrogens is 1. The molecule has 2 aromatic rings. The van der Waals surface area contributed by atoms with Crippen LogP contribution in [0.2, 0.25) is 5.02 Å². The Balaban J connectivity index is 1.73. The van der Waals surface area contributed by atoms with Crippen molar-refractivity contribution in [2.24, 2.45) is 0 Å². The summed E-state index contributed by atoms with van der Waals surface area (Å²) in [7, 11) is 0. The first kappa shape index (κ1) is 16.0. The summed E-state index contributed by atoms with van der Waals surface area (Å²) in [5.74, 6) is 0.0954. The highest BCUT2D eigenvalue weighted by Crippen LogP contribution is 2.24. The average Bonchev–Trinajstić information content (AvgIpc) is 2.50. The van der Waals surface area contributed by atoms with E-state index >= 15 is 0 Å². The fourth-order valence-corrected chi connectivity index (χ4v) is 3.08. The molecule has 1 aromatic heterocycles. The molecule has 5 heteroatoms. The molecular formula is C18H20ClN3O. The SMILES string of the molecule is Cc1cccc(CN2CC(=O)N(c3cccc(Cl)c3)CC2C)n1. The first-order chi connectivity index (χ1) is 11.0. The van der Waals surface area contributed by atoms with Crippen molar-refractivity contribution in [2.75, 3.05) is 18.0 Å². The van der Waals surface area contributed by atoms with Crippen molar-refractivity contribution < 1.29 is 4.79 Å². The molecule has 0 saturated carbocycles. The average molecular weight is 330 g/mol. The molecule has 1 fully saturated rings. The molecule has 0 N–H and O–H groups in total. The maximum absolute atomic E-state index is 12.5. The standard InChI is InChI=1S/C18H20ClN3O/c1-13-5-3-7-16(20-13)11-21-12-18(23)22(10-14(21)2)17-8-4-6-15(19)9-17/h3-9,14H,10-12H2,1-2H3. The third-order valence-electron chi connectivity index (χ3n) is 4.14. The van der Waals surface area contributed by atoms with Gasteiger partial charge in [0, 0.05) is 35.5 Å². The molecule has 1 amide bonds. The first-order valence-corrected chi connectivity index (χ1v) is 8.13. The van der Waals surface area contributed by atoms with Crippen LogP contribution in [-0.2, 0) is 11.3 Å². The second kappa shape index (κ2) is 6.69. The van der Waals surface area contributed by atoms with E-state index in [0.717, 1.165) is 17.1 Å². The van der Waals surface area contributed by atoms with Gasteiger partial charge in [-0.2, -0.15) is 0 Å². The van der Waals surface area contributed by atoms with Gasteiger partial charge in [0.15, 0.2) is 0 Å². The number of amides is 1. The Morgan fingerprint density at radius 2 is 2.04 bits per heavy atom. The van der Waals surface area contributed by atoms with Crippen LogP contribution in [0.3, 0.4) is 0 Å². The van der Waals surface area contributed by atoms with E-state index in [9.17, 15) is 4.79 Å². The Kier molecular flexibility index (Phi) is 4.64. The minimum absolute atomic E-state index is 0.0954. The Bertz CT molecular complexity index is 719. The second-order valence-corrected chi connectivity index (χ2v) is 6.44. The number of hydrogen-bond acceptors (Lipinski definition) is 3. The molecule has 3 rings (SSSR count). The summed E-state index contributed by atoms with van der Waals surface area (Å²) in [6.45, 7) is 5.86. The van der Waals surface area contributed by atoms with Gasteiger partial charge in [-0.1, -0.05) is 23.7 Å². The molecular weight excluding hydrogens is 310 g/mol. The lowest BCUT2D eigenvalue weighted by Gasteiger charge is -2.39. The van der Waals surface area contributed by atoms with E-state index in [1.165, 1.54) is 0 Å². The molecule has 120 valence electrons. The van der Waals surface area contributed by atoms with Crippen LogP contribution in [0.1, 0.15) is 18.3 Å². The van der Waals surface area contributed by atoms with Gasteiger partial charge in [0.05, 0.1) is 12.2 Å². The van der Waals surface area contributed by atoms with Gasteiger partial charge in [0.2, 0.25) is 5.91 Å². The van der Waals surface area contributed by atoms with Crippen LogP contribution < -0.4 is 4.90 Å². The number of anilines is 1. The lowest BCUT2D eigenvalue weighted by molar-refractivity contribution is -0.122. The molecule has 1 aliphatic heterocycles. The number of benzene rings is 1. The summed E-state index contributed by atoms with van der Waals surface area (Å²) in [4.78, 5) is 21.1. The van der Waals surface area contributed by atoms with Crippen molar-refractivity contribution >= 4 is 23.2 Å². The van der Waals surface area contributed by atoms with Gasteiger partial charge < -0.3 is 4.90 Å². The van der Waals surface area contributed by atoms with Gasteiger partial charge in [-0.3, -0.25) is 14.7 Å². The van der Waals surface area contributed by atoms with Crippen molar-refractivity contribution in [2.45, 2.75) is 26.4 Å². The van der Waals surface area contributed by atoms with Crippen molar-refractivity contribution in [3.63, 3.8) is 0 Å². The number of hydrogen-bond donors (Lipinski definition) is 0. The molecule has 23 heavy (non-hydrogen) atoms. The van der Waals surface area contributed by atoms with E-state index in [4.69, 9.17) is 11.6 Å². The lowest BCUT2D eigenvalue weighted by Crippen LogP contribution is -2.54. The maximum Gasteiger partial charge on any atom is 0.241 e. The number of piperazine rings is 1. The first-order valence-electron chi connectivity index (χ1n) is 7.75. The van der Waals surface area contributed by atoms with Crippen LogP contribution in [0.5, 0.6) is 0 Å². The number of carbonyl (C=O) groups excluding carboxylic acids is 1. The third-order valence-corrected chi connectivity index (χ3v) is 4.38. The van der Waals surface area contributed by atoms with E-state index < -0.39 is 0 Å². The molecule has 4 nitrogen and oxygen atoms in total. The van der Waals surface area contributed by atoms with Crippen LogP contribution >= 0.6 is 11.6 Å². The van der Waals surface area contributed by atoms with E-state index in [1.807, 2.05) is 54.3 Å². The minimum atomic E-state index is 0.0954. The van der Waals surface area contributed by atoms with Gasteiger partial charge in [-0.05, 0) is 44.2 Å². The molecule has 2 heterocycles. The zero-order chi connectivity index (χ0) is 16.4. The zero-order valence-electron chi connectivity index (χ0n) is 13.4. The monoisotopic (exact) mass is 329 g/mol. The summed E-state index contributed by atoms with van der Waals surface area (Å²) in [5, 5.41) is 0.648. The van der Waals surface area contributed by atoms with Crippen molar-refractivity contribution in [1.29, 1.82) is 0 Å². The quantitative estimate of drug-likeness (QED) is 0.867. The molecule has 1 atom stereocenters. The molecule has 1 unspecified atom stereocenters. The van der Waals surface area contributed by atoms with Crippen LogP contribution in [-0.4, -0.2) is 34.9 Å². The van der Waals surface area contributed by atoms with E-state index in [0.29, 0.717) is 24.7 Å². The van der Waals surface area contributed by atoms with Crippen LogP contribution in [0.4, 0.5) is 5.69 Å². The lowest BCUT2D eigenvalue weighted by atomic mass is 10.1. The number of rotatable bonds is 3. The van der Waals surface area contributed by atoms with Crippen LogP contribution in [0, 0.1) is 6.92 Å². The number of halogens is 1. The van der Waals surface area contributed by atoms with Crippen molar-refractivity contribution in [3.8, 4) is 0 Å². The Hall–Kier alpha value is -1.91. The maximum atomic E-state index is 12.5. The van der Waals surface area contributed by atoms with Gasteiger partial charge >= 0.3 is 0 Å². The molecule has 0 bridgehead atoms. The molecule has 0 radical (unpaired) electrons. The van der Waals surface area contributed by atoms with Gasteiger partial charge in [-0.25, -0.2) is 0 Å². The molecule has 1 saturated heterocycles. The fraction of sp³-hybridized carbons (Fsp3) is 0.333. The largest absolute Gasteiger partial charge is 0.310 e. The predicted molar refractivity (Wildman–Crippen MR) is 92.7 cm³/mol.